The summed E-state index contributed by atoms with van der Waals surface area (Å²) in [5, 5.41) is 30.5. The maximum Gasteiger partial charge on any atom is 0.238 e. The number of rotatable bonds is 0. The van der Waals surface area contributed by atoms with Crippen LogP contribution in [0.1, 0.15) is 36.6 Å². The summed E-state index contributed by atoms with van der Waals surface area (Å²) in [6.45, 7) is 0. The third-order valence-electron chi connectivity index (χ3n) is 4.60. The van der Waals surface area contributed by atoms with Gasteiger partial charge < -0.3 is 15.3 Å². The van der Waals surface area contributed by atoms with Gasteiger partial charge in [-0.25, -0.2) is 0 Å². The number of carbonyl (C=O) groups is 4. The minimum absolute atomic E-state index is 0.00602. The van der Waals surface area contributed by atoms with E-state index in [0.717, 1.165) is 0 Å². The molecular formula is C20H9BrO7. The molecule has 2 aliphatic rings. The number of phenolic OH excluding ortho intramolecular Hbond substituents is 2. The van der Waals surface area contributed by atoms with E-state index < -0.39 is 57.1 Å². The van der Waals surface area contributed by atoms with E-state index in [0.29, 0.717) is 0 Å². The van der Waals surface area contributed by atoms with Gasteiger partial charge in [-0.15, -0.1) is 0 Å². The summed E-state index contributed by atoms with van der Waals surface area (Å²) < 4.78 is -0.265. The maximum absolute atomic E-state index is 13.0. The summed E-state index contributed by atoms with van der Waals surface area (Å²) in [6.07, 6.45) is 0. The number of aromatic hydroxyl groups is 2. The van der Waals surface area contributed by atoms with Crippen LogP contribution in [0.15, 0.2) is 52.0 Å². The third kappa shape index (κ3) is 2.21. The Kier molecular flexibility index (Phi) is 3.83. The van der Waals surface area contributed by atoms with Crippen molar-refractivity contribution >= 4 is 44.8 Å². The van der Waals surface area contributed by atoms with Crippen molar-refractivity contribution in [1.82, 2.24) is 0 Å². The maximum atomic E-state index is 13.0. The number of fused-ring (bicyclic) bond motifs is 2. The van der Waals surface area contributed by atoms with Gasteiger partial charge in [0, 0.05) is 11.1 Å². The molecule has 0 heterocycles. The minimum atomic E-state index is -1.24. The molecule has 0 unspecified atom stereocenters. The molecule has 0 bridgehead atoms. The first-order valence-corrected chi connectivity index (χ1v) is 8.71. The second-order valence-electron chi connectivity index (χ2n) is 6.13. The van der Waals surface area contributed by atoms with Gasteiger partial charge in [0.15, 0.2) is 5.78 Å². The predicted molar refractivity (Wildman–Crippen MR) is 99.7 cm³/mol. The highest BCUT2D eigenvalue weighted by atomic mass is 79.9. The lowest BCUT2D eigenvalue weighted by atomic mass is 9.78. The smallest absolute Gasteiger partial charge is 0.238 e. The highest BCUT2D eigenvalue weighted by Gasteiger charge is 2.43. The summed E-state index contributed by atoms with van der Waals surface area (Å²) in [6, 6.07) is 7.70. The summed E-state index contributed by atoms with van der Waals surface area (Å²) in [5.41, 5.74) is -2.30. The van der Waals surface area contributed by atoms with Gasteiger partial charge in [-0.2, -0.15) is 0 Å². The number of hydrogen-bond donors (Lipinski definition) is 3. The topological polar surface area (TPSA) is 129 Å². The normalized spacial score (nSPS) is 19.0. The number of aliphatic hydroxyl groups excluding tert-OH is 1. The first kappa shape index (κ1) is 17.9. The first-order chi connectivity index (χ1) is 13.3. The zero-order valence-corrected chi connectivity index (χ0v) is 15.4. The van der Waals surface area contributed by atoms with Crippen molar-refractivity contribution in [3.8, 4) is 11.5 Å². The van der Waals surface area contributed by atoms with E-state index in [1.54, 1.807) is 0 Å². The van der Waals surface area contributed by atoms with Crippen LogP contribution in [0, 0.1) is 0 Å². The minimum Gasteiger partial charge on any atom is -0.507 e. The molecule has 2 aromatic rings. The SMILES string of the molecule is O=C1C(=O)c2cccc(O)c2C(=O)/C1=C1\C(=O)c2c(O)cccc2C(O)=C1Br. The Morgan fingerprint density at radius 1 is 0.607 bits per heavy atom. The molecule has 0 fully saturated rings. The first-order valence-electron chi connectivity index (χ1n) is 7.91. The van der Waals surface area contributed by atoms with Gasteiger partial charge in [-0.3, -0.25) is 19.2 Å². The predicted octanol–water partition coefficient (Wildman–Crippen LogP) is 2.86. The Morgan fingerprint density at radius 3 is 1.71 bits per heavy atom. The summed E-state index contributed by atoms with van der Waals surface area (Å²) in [7, 11) is 0. The van der Waals surface area contributed by atoms with E-state index in [1.165, 1.54) is 36.4 Å². The van der Waals surface area contributed by atoms with Crippen LogP contribution in [0.4, 0.5) is 0 Å². The Bertz CT molecular complexity index is 1220. The number of hydrogen-bond acceptors (Lipinski definition) is 7. The van der Waals surface area contributed by atoms with E-state index in [9.17, 15) is 34.5 Å². The molecule has 2 aromatic carbocycles. The number of phenols is 2. The van der Waals surface area contributed by atoms with Crippen molar-refractivity contribution in [2.24, 2.45) is 0 Å². The Labute approximate surface area is 165 Å². The number of Topliss-reactive ketones (excluding diaryl/α,β-unsaturated/α-hetero) is 4. The molecule has 4 rings (SSSR count). The van der Waals surface area contributed by atoms with Gasteiger partial charge in [0.05, 0.1) is 26.8 Å². The van der Waals surface area contributed by atoms with Gasteiger partial charge in [0.25, 0.3) is 0 Å². The highest BCUT2D eigenvalue weighted by molar-refractivity contribution is 9.12. The summed E-state index contributed by atoms with van der Waals surface area (Å²) in [5.74, 6) is -5.71. The van der Waals surface area contributed by atoms with E-state index >= 15 is 0 Å². The zero-order chi connectivity index (χ0) is 20.3. The lowest BCUT2D eigenvalue weighted by Gasteiger charge is -2.23. The van der Waals surface area contributed by atoms with Gasteiger partial charge in [0.2, 0.25) is 17.3 Å². The van der Waals surface area contributed by atoms with Crippen LogP contribution in [0.3, 0.4) is 0 Å². The highest BCUT2D eigenvalue weighted by Crippen LogP contribution is 2.43. The van der Waals surface area contributed by atoms with Crippen LogP contribution in [-0.4, -0.2) is 38.5 Å². The van der Waals surface area contributed by atoms with Crippen LogP contribution < -0.4 is 0 Å². The molecule has 0 saturated carbocycles. The van der Waals surface area contributed by atoms with E-state index in [1.807, 2.05) is 0 Å². The standard InChI is InChI=1S/C20H9BrO7/c21-15-13(18(26)11-7(16(15)24)3-1-5-9(11)22)14-19(27)12-8(17(25)20(14)28)4-2-6-10(12)23/h1-6,22-24H/b14-13+. The van der Waals surface area contributed by atoms with Crippen molar-refractivity contribution in [3.63, 3.8) is 0 Å². The van der Waals surface area contributed by atoms with Crippen molar-refractivity contribution in [2.75, 3.05) is 0 Å². The van der Waals surface area contributed by atoms with Crippen LogP contribution >= 0.6 is 15.9 Å². The van der Waals surface area contributed by atoms with Crippen molar-refractivity contribution < 1.29 is 34.5 Å². The monoisotopic (exact) mass is 440 g/mol. The fourth-order valence-electron chi connectivity index (χ4n) is 3.32. The van der Waals surface area contributed by atoms with Crippen molar-refractivity contribution in [2.45, 2.75) is 0 Å². The van der Waals surface area contributed by atoms with Gasteiger partial charge in [0.1, 0.15) is 17.3 Å². The largest absolute Gasteiger partial charge is 0.507 e. The van der Waals surface area contributed by atoms with E-state index in [2.05, 4.69) is 15.9 Å². The molecule has 0 amide bonds. The number of ketones is 4. The quantitative estimate of drug-likeness (QED) is 0.326. The second kappa shape index (κ2) is 6.00. The lowest BCUT2D eigenvalue weighted by molar-refractivity contribution is -0.111. The fraction of sp³-hybridized carbons (Fsp3) is 0. The van der Waals surface area contributed by atoms with Gasteiger partial charge >= 0.3 is 0 Å². The summed E-state index contributed by atoms with van der Waals surface area (Å²) in [4.78, 5) is 51.1. The zero-order valence-electron chi connectivity index (χ0n) is 13.8. The Balaban J connectivity index is 2.09. The van der Waals surface area contributed by atoms with E-state index in [4.69, 9.17) is 0 Å². The molecule has 0 saturated heterocycles. The number of halogens is 1. The molecule has 138 valence electrons. The molecule has 0 aromatic heterocycles. The molecule has 0 radical (unpaired) electrons. The molecule has 8 heteroatoms. The average Bonchev–Trinajstić information content (AvgIpc) is 2.66. The van der Waals surface area contributed by atoms with Crippen LogP contribution in [-0.2, 0) is 4.79 Å². The number of carbonyl (C=O) groups excluding carboxylic acids is 4. The van der Waals surface area contributed by atoms with Crippen molar-refractivity contribution in [3.05, 3.63) is 74.3 Å². The van der Waals surface area contributed by atoms with Crippen molar-refractivity contribution in [1.29, 1.82) is 0 Å². The molecule has 0 spiro atoms. The lowest BCUT2D eigenvalue weighted by Crippen LogP contribution is -2.33. The molecule has 0 aliphatic heterocycles. The second-order valence-corrected chi connectivity index (χ2v) is 6.92. The molecule has 0 atom stereocenters. The summed E-state index contributed by atoms with van der Waals surface area (Å²) >= 11 is 3.01. The number of allylic oxidation sites excluding steroid dienone is 3. The van der Waals surface area contributed by atoms with Crippen LogP contribution in [0.5, 0.6) is 11.5 Å². The molecule has 7 nitrogen and oxygen atoms in total. The average molecular weight is 441 g/mol. The van der Waals surface area contributed by atoms with Crippen LogP contribution in [0.2, 0.25) is 0 Å². The van der Waals surface area contributed by atoms with E-state index in [-0.39, 0.29) is 21.2 Å². The number of aliphatic hydroxyl groups is 1. The molecule has 2 aliphatic carbocycles. The van der Waals surface area contributed by atoms with Gasteiger partial charge in [-0.1, -0.05) is 18.2 Å². The Morgan fingerprint density at radius 2 is 1.11 bits per heavy atom. The third-order valence-corrected chi connectivity index (χ3v) is 5.38. The molecular weight excluding hydrogens is 432 g/mol. The Hall–Kier alpha value is -3.52. The molecule has 3 N–H and O–H groups in total. The van der Waals surface area contributed by atoms with Gasteiger partial charge in [-0.05, 0) is 34.1 Å². The molecule has 28 heavy (non-hydrogen) atoms. The number of benzene rings is 2. The van der Waals surface area contributed by atoms with Crippen LogP contribution in [0.25, 0.3) is 5.76 Å². The fourth-order valence-corrected chi connectivity index (χ4v) is 3.91.